The highest BCUT2D eigenvalue weighted by Gasteiger charge is 2.14. The normalized spacial score (nSPS) is 12.2. The molecular formula is C24H20FN3S. The van der Waals surface area contributed by atoms with Crippen LogP contribution in [0.25, 0.3) is 11.3 Å². The molecule has 3 nitrogen and oxygen atoms in total. The van der Waals surface area contributed by atoms with Crippen LogP contribution in [0.1, 0.15) is 17.0 Å². The Morgan fingerprint density at radius 3 is 2.03 bits per heavy atom. The van der Waals surface area contributed by atoms with Gasteiger partial charge < -0.3 is 0 Å². The number of thiazole rings is 1. The van der Waals surface area contributed by atoms with E-state index in [9.17, 15) is 4.39 Å². The van der Waals surface area contributed by atoms with Gasteiger partial charge in [-0.1, -0.05) is 72.8 Å². The maximum absolute atomic E-state index is 14.4. The summed E-state index contributed by atoms with van der Waals surface area (Å²) in [5, 5.41) is 6.64. The van der Waals surface area contributed by atoms with Gasteiger partial charge in [0.15, 0.2) is 0 Å². The molecule has 3 aromatic carbocycles. The second-order valence-corrected chi connectivity index (χ2v) is 7.32. The Balaban J connectivity index is 1.81. The summed E-state index contributed by atoms with van der Waals surface area (Å²) < 4.78 is 16.1. The van der Waals surface area contributed by atoms with Crippen molar-refractivity contribution in [2.75, 3.05) is 7.05 Å². The molecule has 0 spiro atoms. The highest BCUT2D eigenvalue weighted by molar-refractivity contribution is 7.07. The molecule has 0 bridgehead atoms. The van der Waals surface area contributed by atoms with Gasteiger partial charge >= 0.3 is 0 Å². The van der Waals surface area contributed by atoms with E-state index in [2.05, 4.69) is 29.3 Å². The maximum Gasteiger partial charge on any atom is 0.205 e. The number of nitrogens with zero attached hydrogens (tertiary/aromatic N) is 3. The van der Waals surface area contributed by atoms with E-state index in [0.717, 1.165) is 11.1 Å². The molecule has 0 saturated heterocycles. The van der Waals surface area contributed by atoms with Crippen molar-refractivity contribution in [1.82, 2.24) is 4.68 Å². The van der Waals surface area contributed by atoms with E-state index >= 15 is 0 Å². The molecule has 0 N–H and O–H groups in total. The van der Waals surface area contributed by atoms with Crippen molar-refractivity contribution in [1.29, 1.82) is 0 Å². The zero-order valence-electron chi connectivity index (χ0n) is 15.9. The molecule has 0 aliphatic carbocycles. The minimum atomic E-state index is -0.278. The molecule has 144 valence electrons. The number of aromatic nitrogens is 1. The molecule has 1 aromatic heterocycles. The van der Waals surface area contributed by atoms with Gasteiger partial charge in [-0.3, -0.25) is 4.99 Å². The lowest BCUT2D eigenvalue weighted by Crippen LogP contribution is -2.13. The van der Waals surface area contributed by atoms with Crippen molar-refractivity contribution in [3.05, 3.63) is 112 Å². The molecule has 0 fully saturated rings. The standard InChI is InChI=1S/C24H20FN3S/c1-26-24-28(23(17-29-24)20-14-8-9-15-22(20)25)27-16-21(18-10-4-2-5-11-18)19-12-6-3-7-13-19/h2-17,21H,1H3. The van der Waals surface area contributed by atoms with Crippen molar-refractivity contribution in [2.24, 2.45) is 10.1 Å². The van der Waals surface area contributed by atoms with E-state index < -0.39 is 0 Å². The Hall–Kier alpha value is -3.31. The summed E-state index contributed by atoms with van der Waals surface area (Å²) in [5.41, 5.74) is 3.47. The largest absolute Gasteiger partial charge is 0.261 e. The van der Waals surface area contributed by atoms with Gasteiger partial charge in [-0.15, -0.1) is 11.3 Å². The highest BCUT2D eigenvalue weighted by atomic mass is 32.1. The maximum atomic E-state index is 14.4. The van der Waals surface area contributed by atoms with Crippen LogP contribution in [0.15, 0.2) is 100 Å². The summed E-state index contributed by atoms with van der Waals surface area (Å²) in [7, 11) is 1.72. The van der Waals surface area contributed by atoms with Crippen LogP contribution in [0, 0.1) is 5.82 Å². The number of hydrogen-bond donors (Lipinski definition) is 0. The van der Waals surface area contributed by atoms with Crippen LogP contribution in [0.4, 0.5) is 4.39 Å². The summed E-state index contributed by atoms with van der Waals surface area (Å²) in [6.07, 6.45) is 1.90. The van der Waals surface area contributed by atoms with Gasteiger partial charge in [0.1, 0.15) is 5.82 Å². The Morgan fingerprint density at radius 1 is 0.862 bits per heavy atom. The first-order chi connectivity index (χ1) is 14.3. The molecule has 1 heterocycles. The summed E-state index contributed by atoms with van der Waals surface area (Å²) in [6, 6.07) is 27.2. The lowest BCUT2D eigenvalue weighted by molar-refractivity contribution is 0.629. The van der Waals surface area contributed by atoms with E-state index in [0.29, 0.717) is 16.1 Å². The second-order valence-electron chi connectivity index (χ2n) is 6.48. The van der Waals surface area contributed by atoms with Gasteiger partial charge in [0.05, 0.1) is 5.69 Å². The van der Waals surface area contributed by atoms with E-state index in [1.807, 2.05) is 54.1 Å². The first kappa shape index (κ1) is 19.0. The summed E-state index contributed by atoms with van der Waals surface area (Å²) in [5.74, 6) is -0.303. The van der Waals surface area contributed by atoms with E-state index in [1.165, 1.54) is 17.4 Å². The van der Waals surface area contributed by atoms with Gasteiger partial charge in [-0.25, -0.2) is 9.07 Å². The van der Waals surface area contributed by atoms with Crippen molar-refractivity contribution >= 4 is 17.6 Å². The number of benzene rings is 3. The van der Waals surface area contributed by atoms with Crippen molar-refractivity contribution in [3.8, 4) is 11.3 Å². The predicted octanol–water partition coefficient (Wildman–Crippen LogP) is 5.55. The van der Waals surface area contributed by atoms with E-state index in [4.69, 9.17) is 5.10 Å². The van der Waals surface area contributed by atoms with Crippen LogP contribution in [0.2, 0.25) is 0 Å². The molecule has 4 rings (SSSR count). The zero-order chi connectivity index (χ0) is 20.1. The van der Waals surface area contributed by atoms with Gasteiger partial charge in [-0.2, -0.15) is 5.10 Å². The average molecular weight is 402 g/mol. The van der Waals surface area contributed by atoms with Crippen LogP contribution < -0.4 is 4.80 Å². The minimum Gasteiger partial charge on any atom is -0.261 e. The van der Waals surface area contributed by atoms with E-state index in [-0.39, 0.29) is 11.7 Å². The molecule has 0 saturated carbocycles. The number of hydrogen-bond acceptors (Lipinski definition) is 3. The third-order valence-electron chi connectivity index (χ3n) is 4.68. The molecule has 0 aliphatic rings. The summed E-state index contributed by atoms with van der Waals surface area (Å²) >= 11 is 1.44. The van der Waals surface area contributed by atoms with Gasteiger partial charge in [0.2, 0.25) is 4.80 Å². The van der Waals surface area contributed by atoms with Crippen LogP contribution in [-0.4, -0.2) is 17.9 Å². The summed E-state index contributed by atoms with van der Waals surface area (Å²) in [4.78, 5) is 5.02. The lowest BCUT2D eigenvalue weighted by atomic mass is 9.92. The number of rotatable bonds is 5. The monoisotopic (exact) mass is 401 g/mol. The second kappa shape index (κ2) is 8.80. The van der Waals surface area contributed by atoms with Crippen LogP contribution in [0.5, 0.6) is 0 Å². The van der Waals surface area contributed by atoms with Gasteiger partial charge in [-0.05, 0) is 23.3 Å². The Bertz CT molecular complexity index is 1140. The molecule has 0 radical (unpaired) electrons. The first-order valence-electron chi connectivity index (χ1n) is 9.30. The molecule has 0 unspecified atom stereocenters. The van der Waals surface area contributed by atoms with Crippen LogP contribution in [-0.2, 0) is 0 Å². The van der Waals surface area contributed by atoms with Gasteiger partial charge in [0, 0.05) is 30.1 Å². The molecule has 5 heteroatoms. The molecule has 0 aliphatic heterocycles. The Morgan fingerprint density at radius 2 is 1.45 bits per heavy atom. The Kier molecular flexibility index (Phi) is 5.77. The van der Waals surface area contributed by atoms with E-state index in [1.54, 1.807) is 23.9 Å². The van der Waals surface area contributed by atoms with Crippen molar-refractivity contribution in [2.45, 2.75) is 5.92 Å². The number of halogens is 1. The summed E-state index contributed by atoms with van der Waals surface area (Å²) in [6.45, 7) is 0. The third kappa shape index (κ3) is 4.10. The molecule has 0 amide bonds. The highest BCUT2D eigenvalue weighted by Crippen LogP contribution is 2.25. The predicted molar refractivity (Wildman–Crippen MR) is 118 cm³/mol. The van der Waals surface area contributed by atoms with Crippen LogP contribution >= 0.6 is 11.3 Å². The smallest absolute Gasteiger partial charge is 0.205 e. The van der Waals surface area contributed by atoms with Crippen molar-refractivity contribution < 1.29 is 4.39 Å². The average Bonchev–Trinajstić information content (AvgIpc) is 3.18. The fraction of sp³-hybridized carbons (Fsp3) is 0.0833. The quantitative estimate of drug-likeness (QED) is 0.392. The topological polar surface area (TPSA) is 29.6 Å². The van der Waals surface area contributed by atoms with Gasteiger partial charge in [0.25, 0.3) is 0 Å². The Labute approximate surface area is 173 Å². The molecule has 29 heavy (non-hydrogen) atoms. The SMILES string of the molecule is CN=c1scc(-c2ccccc2F)n1N=CC(c1ccccc1)c1ccccc1. The first-order valence-corrected chi connectivity index (χ1v) is 10.2. The molecule has 4 aromatic rings. The molecular weight excluding hydrogens is 381 g/mol. The minimum absolute atomic E-state index is 0.0250. The fourth-order valence-corrected chi connectivity index (χ4v) is 4.03. The zero-order valence-corrected chi connectivity index (χ0v) is 16.8. The third-order valence-corrected chi connectivity index (χ3v) is 5.58. The van der Waals surface area contributed by atoms with Crippen LogP contribution in [0.3, 0.4) is 0 Å². The van der Waals surface area contributed by atoms with Crippen molar-refractivity contribution in [3.63, 3.8) is 0 Å². The lowest BCUT2D eigenvalue weighted by Gasteiger charge is -2.13. The molecule has 0 atom stereocenters. The fourth-order valence-electron chi connectivity index (χ4n) is 3.24.